The van der Waals surface area contributed by atoms with Crippen LogP contribution in [0.4, 0.5) is 5.69 Å². The van der Waals surface area contributed by atoms with Gasteiger partial charge in [0.15, 0.2) is 5.58 Å². The maximum Gasteiger partial charge on any atom is 0.347 e. The van der Waals surface area contributed by atoms with E-state index in [1.54, 1.807) is 12.1 Å². The third kappa shape index (κ3) is 1.79. The molecule has 0 saturated carbocycles. The maximum atomic E-state index is 12.2. The summed E-state index contributed by atoms with van der Waals surface area (Å²) in [5, 5.41) is 0.769. The zero-order valence-corrected chi connectivity index (χ0v) is 11.0. The highest BCUT2D eigenvalue weighted by Crippen LogP contribution is 2.24. The summed E-state index contributed by atoms with van der Waals surface area (Å²) in [6, 6.07) is 14.7. The van der Waals surface area contributed by atoms with E-state index in [1.807, 2.05) is 36.4 Å². The molecule has 0 saturated heterocycles. The van der Waals surface area contributed by atoms with E-state index >= 15 is 0 Å². The second kappa shape index (κ2) is 4.21. The van der Waals surface area contributed by atoms with E-state index in [9.17, 15) is 4.79 Å². The van der Waals surface area contributed by atoms with Crippen molar-refractivity contribution in [3.8, 4) is 11.4 Å². The average molecular weight is 277 g/mol. The molecule has 5 nitrogen and oxygen atoms in total. The fourth-order valence-corrected chi connectivity index (χ4v) is 2.41. The summed E-state index contributed by atoms with van der Waals surface area (Å²) >= 11 is 0. The monoisotopic (exact) mass is 277 g/mol. The lowest BCUT2D eigenvalue weighted by molar-refractivity contribution is 0.564. The summed E-state index contributed by atoms with van der Waals surface area (Å²) in [5.41, 5.74) is 8.28. The number of nitrogens with two attached hydrogens (primary N) is 1. The topological polar surface area (TPSA) is 84.9 Å². The molecule has 0 atom stereocenters. The van der Waals surface area contributed by atoms with Crippen molar-refractivity contribution in [2.24, 2.45) is 0 Å². The van der Waals surface area contributed by atoms with E-state index in [4.69, 9.17) is 10.2 Å². The van der Waals surface area contributed by atoms with Gasteiger partial charge in [0.1, 0.15) is 11.4 Å². The highest BCUT2D eigenvalue weighted by molar-refractivity contribution is 5.90. The Hall–Kier alpha value is -3.08. The summed E-state index contributed by atoms with van der Waals surface area (Å²) in [6.45, 7) is 0. The molecule has 0 aliphatic heterocycles. The smallest absolute Gasteiger partial charge is 0.347 e. The third-order valence-electron chi connectivity index (χ3n) is 3.43. The van der Waals surface area contributed by atoms with E-state index in [2.05, 4.69) is 9.97 Å². The fraction of sp³-hybridized carbons (Fsp3) is 0. The van der Waals surface area contributed by atoms with Crippen LogP contribution in [-0.2, 0) is 0 Å². The van der Waals surface area contributed by atoms with E-state index in [0.29, 0.717) is 22.7 Å². The predicted octanol–water partition coefficient (Wildman–Crippen LogP) is 2.92. The number of nitrogens with zero attached hydrogens (tertiary/aromatic N) is 1. The van der Waals surface area contributed by atoms with Crippen LogP contribution in [0.15, 0.2) is 57.7 Å². The van der Waals surface area contributed by atoms with Gasteiger partial charge in [-0.15, -0.1) is 0 Å². The molecule has 102 valence electrons. The Bertz CT molecular complexity index is 997. The number of benzene rings is 2. The second-order valence-corrected chi connectivity index (χ2v) is 4.82. The van der Waals surface area contributed by atoms with Crippen LogP contribution < -0.4 is 11.4 Å². The Labute approximate surface area is 119 Å². The van der Waals surface area contributed by atoms with Crippen molar-refractivity contribution in [2.45, 2.75) is 0 Å². The quantitative estimate of drug-likeness (QED) is 0.414. The van der Waals surface area contributed by atoms with Crippen molar-refractivity contribution in [1.82, 2.24) is 9.97 Å². The third-order valence-corrected chi connectivity index (χ3v) is 3.43. The molecule has 0 radical (unpaired) electrons. The molecular weight excluding hydrogens is 266 g/mol. The molecule has 3 N–H and O–H groups in total. The number of aromatic nitrogens is 2. The lowest BCUT2D eigenvalue weighted by Gasteiger charge is -2.01. The molecule has 0 amide bonds. The zero-order chi connectivity index (χ0) is 14.4. The van der Waals surface area contributed by atoms with Crippen molar-refractivity contribution in [2.75, 3.05) is 5.73 Å². The van der Waals surface area contributed by atoms with Gasteiger partial charge in [-0.25, -0.2) is 9.78 Å². The van der Waals surface area contributed by atoms with E-state index < -0.39 is 5.63 Å². The Morgan fingerprint density at radius 1 is 1.10 bits per heavy atom. The molecule has 0 fully saturated rings. The van der Waals surface area contributed by atoms with Crippen molar-refractivity contribution < 1.29 is 4.42 Å². The molecule has 5 heteroatoms. The number of hydrogen-bond donors (Lipinski definition) is 2. The number of H-pyrrole nitrogens is 1. The first kappa shape index (κ1) is 11.7. The van der Waals surface area contributed by atoms with Crippen LogP contribution in [-0.4, -0.2) is 9.97 Å². The van der Waals surface area contributed by atoms with Gasteiger partial charge in [0.05, 0.1) is 16.7 Å². The molecule has 4 rings (SSSR count). The number of rotatable bonds is 1. The lowest BCUT2D eigenvalue weighted by Crippen LogP contribution is -2.04. The number of imidazole rings is 1. The van der Waals surface area contributed by atoms with Crippen LogP contribution >= 0.6 is 0 Å². The van der Waals surface area contributed by atoms with Gasteiger partial charge in [0.25, 0.3) is 0 Å². The van der Waals surface area contributed by atoms with E-state index in [0.717, 1.165) is 16.4 Å². The van der Waals surface area contributed by atoms with Crippen LogP contribution in [0.5, 0.6) is 0 Å². The Kier molecular flexibility index (Phi) is 2.35. The van der Waals surface area contributed by atoms with Crippen molar-refractivity contribution in [3.63, 3.8) is 0 Å². The van der Waals surface area contributed by atoms with Crippen LogP contribution in [0.2, 0.25) is 0 Å². The van der Waals surface area contributed by atoms with Crippen molar-refractivity contribution in [1.29, 1.82) is 0 Å². The van der Waals surface area contributed by atoms with Crippen molar-refractivity contribution >= 4 is 27.7 Å². The molecule has 0 bridgehead atoms. The maximum absolute atomic E-state index is 12.2. The number of nitrogens with one attached hydrogen (secondary N) is 1. The van der Waals surface area contributed by atoms with Crippen LogP contribution in [0.1, 0.15) is 0 Å². The normalized spacial score (nSPS) is 11.2. The molecule has 0 aliphatic carbocycles. The first-order valence-electron chi connectivity index (χ1n) is 6.50. The molecular formula is C16H11N3O2. The fourth-order valence-electron chi connectivity index (χ4n) is 2.41. The summed E-state index contributed by atoms with van der Waals surface area (Å²) in [7, 11) is 0. The summed E-state index contributed by atoms with van der Waals surface area (Å²) in [5.74, 6) is 0.495. The van der Waals surface area contributed by atoms with Gasteiger partial charge in [-0.1, -0.05) is 24.3 Å². The number of anilines is 1. The van der Waals surface area contributed by atoms with Crippen LogP contribution in [0, 0.1) is 0 Å². The molecule has 4 aromatic rings. The van der Waals surface area contributed by atoms with E-state index in [1.165, 1.54) is 0 Å². The molecule has 0 spiro atoms. The molecule has 0 unspecified atom stereocenters. The highest BCUT2D eigenvalue weighted by atomic mass is 16.4. The molecule has 2 aromatic carbocycles. The highest BCUT2D eigenvalue weighted by Gasteiger charge is 2.12. The Morgan fingerprint density at radius 2 is 1.95 bits per heavy atom. The average Bonchev–Trinajstić information content (AvgIpc) is 2.91. The Balaban J connectivity index is 2.01. The SMILES string of the molecule is Nc1cccc2cc(-c3nc4ccccc4[nH]3)c(=O)oc12. The minimum absolute atomic E-state index is 0.393. The van der Waals surface area contributed by atoms with Gasteiger partial charge in [-0.3, -0.25) is 0 Å². The number of hydrogen-bond acceptors (Lipinski definition) is 4. The largest absolute Gasteiger partial charge is 0.420 e. The van der Waals surface area contributed by atoms with E-state index in [-0.39, 0.29) is 0 Å². The van der Waals surface area contributed by atoms with Gasteiger partial charge in [-0.2, -0.15) is 0 Å². The minimum atomic E-state index is -0.459. The van der Waals surface area contributed by atoms with Gasteiger partial charge < -0.3 is 15.1 Å². The standard InChI is InChI=1S/C16H11N3O2/c17-11-5-3-4-9-8-10(16(20)21-14(9)11)15-18-12-6-1-2-7-13(12)19-15/h1-8H,17H2,(H,18,19). The molecule has 21 heavy (non-hydrogen) atoms. The molecule has 2 aromatic heterocycles. The zero-order valence-electron chi connectivity index (χ0n) is 11.0. The van der Waals surface area contributed by atoms with Gasteiger partial charge >= 0.3 is 5.63 Å². The predicted molar refractivity (Wildman–Crippen MR) is 82.0 cm³/mol. The summed E-state index contributed by atoms with van der Waals surface area (Å²) in [6.07, 6.45) is 0. The van der Waals surface area contributed by atoms with Gasteiger partial charge in [-0.05, 0) is 24.3 Å². The van der Waals surface area contributed by atoms with Crippen LogP contribution in [0.25, 0.3) is 33.4 Å². The molecule has 2 heterocycles. The van der Waals surface area contributed by atoms with Gasteiger partial charge in [0.2, 0.25) is 0 Å². The molecule has 0 aliphatic rings. The summed E-state index contributed by atoms with van der Waals surface area (Å²) in [4.78, 5) is 19.7. The van der Waals surface area contributed by atoms with Crippen LogP contribution in [0.3, 0.4) is 0 Å². The van der Waals surface area contributed by atoms with Crippen molar-refractivity contribution in [3.05, 3.63) is 59.0 Å². The first-order chi connectivity index (χ1) is 10.2. The Morgan fingerprint density at radius 3 is 2.81 bits per heavy atom. The van der Waals surface area contributed by atoms with Gasteiger partial charge in [0, 0.05) is 5.39 Å². The summed E-state index contributed by atoms with van der Waals surface area (Å²) < 4.78 is 5.33. The number of fused-ring (bicyclic) bond motifs is 2. The number of nitrogen functional groups attached to an aromatic ring is 1. The lowest BCUT2D eigenvalue weighted by atomic mass is 10.1. The second-order valence-electron chi connectivity index (χ2n) is 4.82. The number of aromatic amines is 1. The number of para-hydroxylation sites is 3. The first-order valence-corrected chi connectivity index (χ1v) is 6.50. The minimum Gasteiger partial charge on any atom is -0.420 e.